The molecule has 1 amide bonds. The topological polar surface area (TPSA) is 71.6 Å². The van der Waals surface area contributed by atoms with Crippen LogP contribution in [0, 0.1) is 5.82 Å². The third kappa shape index (κ3) is 4.07. The van der Waals surface area contributed by atoms with Gasteiger partial charge in [0.05, 0.1) is 25.8 Å². The molecule has 146 valence electrons. The molecule has 0 saturated carbocycles. The minimum absolute atomic E-state index is 0.327. The maximum absolute atomic E-state index is 13.1. The van der Waals surface area contributed by atoms with Crippen molar-refractivity contribution in [2.45, 2.75) is 13.0 Å². The lowest BCUT2D eigenvalue weighted by molar-refractivity contribution is -0.113. The number of carbonyl (C=O) groups is 1. The van der Waals surface area contributed by atoms with Crippen LogP contribution in [-0.4, -0.2) is 25.2 Å². The number of rotatable bonds is 5. The van der Waals surface area contributed by atoms with Gasteiger partial charge in [0.15, 0.2) is 16.6 Å². The summed E-state index contributed by atoms with van der Waals surface area (Å²) in [5.74, 6) is 0.428. The molecule has 2 aromatic rings. The Morgan fingerprint density at radius 2 is 1.79 bits per heavy atom. The number of hydrogen-bond donors (Lipinski definition) is 3. The third-order valence-corrected chi connectivity index (χ3v) is 4.58. The zero-order valence-corrected chi connectivity index (χ0v) is 16.4. The van der Waals surface area contributed by atoms with E-state index in [-0.39, 0.29) is 11.7 Å². The van der Waals surface area contributed by atoms with Crippen LogP contribution >= 0.6 is 12.2 Å². The summed E-state index contributed by atoms with van der Waals surface area (Å²) in [6, 6.07) is 10.5. The summed E-state index contributed by atoms with van der Waals surface area (Å²) in [6.07, 6.45) is 0. The van der Waals surface area contributed by atoms with E-state index in [2.05, 4.69) is 16.0 Å². The summed E-state index contributed by atoms with van der Waals surface area (Å²) < 4.78 is 23.8. The fourth-order valence-electron chi connectivity index (χ4n) is 3.01. The van der Waals surface area contributed by atoms with Crippen molar-refractivity contribution in [3.05, 3.63) is 65.1 Å². The Balaban J connectivity index is 1.96. The second-order valence-electron chi connectivity index (χ2n) is 6.15. The van der Waals surface area contributed by atoms with Gasteiger partial charge in [0.2, 0.25) is 0 Å². The molecule has 1 aliphatic rings. The number of hydrogen-bond acceptors (Lipinski definition) is 4. The van der Waals surface area contributed by atoms with E-state index in [1.807, 2.05) is 6.07 Å². The molecule has 1 atom stereocenters. The largest absolute Gasteiger partial charge is 0.493 e. The molecule has 0 unspecified atom stereocenters. The fraction of sp³-hybridized carbons (Fsp3) is 0.200. The Kier molecular flexibility index (Phi) is 5.79. The van der Waals surface area contributed by atoms with Gasteiger partial charge >= 0.3 is 0 Å². The van der Waals surface area contributed by atoms with Crippen LogP contribution in [0.5, 0.6) is 11.5 Å². The Morgan fingerprint density at radius 3 is 2.43 bits per heavy atom. The molecule has 1 heterocycles. The first-order valence-corrected chi connectivity index (χ1v) is 8.91. The summed E-state index contributed by atoms with van der Waals surface area (Å²) in [7, 11) is 3.10. The molecule has 0 bridgehead atoms. The molecule has 0 aromatic heterocycles. The van der Waals surface area contributed by atoms with Gasteiger partial charge < -0.3 is 25.4 Å². The highest BCUT2D eigenvalue weighted by Crippen LogP contribution is 2.34. The monoisotopic (exact) mass is 401 g/mol. The number of carbonyl (C=O) groups excluding carboxylic acids is 1. The molecule has 0 fully saturated rings. The Bertz CT molecular complexity index is 944. The highest BCUT2D eigenvalue weighted by Gasteiger charge is 2.30. The number of allylic oxidation sites excluding steroid dienone is 1. The SMILES string of the molecule is COc1ccc([C@H]2NC(=S)NC(C)=C2C(=O)Nc2ccc(F)cc2)cc1OC. The molecule has 2 aromatic carbocycles. The molecule has 1 aliphatic heterocycles. The zero-order valence-electron chi connectivity index (χ0n) is 15.6. The van der Waals surface area contributed by atoms with Gasteiger partial charge in [-0.3, -0.25) is 4.79 Å². The lowest BCUT2D eigenvalue weighted by Crippen LogP contribution is -2.45. The standard InChI is InChI=1S/C20H20FN3O3S/c1-11-17(19(25)23-14-7-5-13(21)6-8-14)18(24-20(28)22-11)12-4-9-15(26-2)16(10-12)27-3/h4-10,18H,1-3H3,(H,23,25)(H2,22,24,28)/t18-/m1/s1. The summed E-state index contributed by atoms with van der Waals surface area (Å²) in [5.41, 5.74) is 2.37. The van der Waals surface area contributed by atoms with Crippen molar-refractivity contribution in [3.63, 3.8) is 0 Å². The zero-order chi connectivity index (χ0) is 20.3. The Hall–Kier alpha value is -3.13. The number of amides is 1. The predicted octanol–water partition coefficient (Wildman–Crippen LogP) is 3.27. The average molecular weight is 401 g/mol. The van der Waals surface area contributed by atoms with Gasteiger partial charge in [-0.05, 0) is 61.1 Å². The smallest absolute Gasteiger partial charge is 0.255 e. The average Bonchev–Trinajstić information content (AvgIpc) is 2.68. The first-order valence-electron chi connectivity index (χ1n) is 8.50. The fourth-order valence-corrected chi connectivity index (χ4v) is 3.28. The molecule has 0 radical (unpaired) electrons. The van der Waals surface area contributed by atoms with Gasteiger partial charge in [0.25, 0.3) is 5.91 Å². The van der Waals surface area contributed by atoms with Crippen molar-refractivity contribution < 1.29 is 18.7 Å². The second-order valence-corrected chi connectivity index (χ2v) is 6.55. The lowest BCUT2D eigenvalue weighted by atomic mass is 9.94. The van der Waals surface area contributed by atoms with E-state index in [0.29, 0.717) is 33.6 Å². The van der Waals surface area contributed by atoms with E-state index in [4.69, 9.17) is 21.7 Å². The molecule has 3 N–H and O–H groups in total. The van der Waals surface area contributed by atoms with Gasteiger partial charge in [0, 0.05) is 11.4 Å². The third-order valence-electron chi connectivity index (χ3n) is 4.36. The normalized spacial score (nSPS) is 16.1. The summed E-state index contributed by atoms with van der Waals surface area (Å²) >= 11 is 5.27. The van der Waals surface area contributed by atoms with Gasteiger partial charge in [-0.2, -0.15) is 0 Å². The van der Waals surface area contributed by atoms with Crippen molar-refractivity contribution in [1.29, 1.82) is 0 Å². The number of halogens is 1. The molecule has 8 heteroatoms. The maximum atomic E-state index is 13.1. The van der Waals surface area contributed by atoms with E-state index >= 15 is 0 Å². The van der Waals surface area contributed by atoms with Gasteiger partial charge in [0.1, 0.15) is 5.82 Å². The molecular weight excluding hydrogens is 381 g/mol. The first-order chi connectivity index (χ1) is 13.4. The number of nitrogens with one attached hydrogen (secondary N) is 3. The van der Waals surface area contributed by atoms with E-state index < -0.39 is 6.04 Å². The van der Waals surface area contributed by atoms with E-state index in [1.54, 1.807) is 33.3 Å². The van der Waals surface area contributed by atoms with Crippen LogP contribution in [0.3, 0.4) is 0 Å². The van der Waals surface area contributed by atoms with Crippen LogP contribution in [-0.2, 0) is 4.79 Å². The van der Waals surface area contributed by atoms with Crippen LogP contribution in [0.4, 0.5) is 10.1 Å². The van der Waals surface area contributed by atoms with Crippen molar-refractivity contribution in [2.24, 2.45) is 0 Å². The van der Waals surface area contributed by atoms with Crippen LogP contribution in [0.15, 0.2) is 53.7 Å². The Labute approximate surface area is 167 Å². The first kappa shape index (κ1) is 19.6. The lowest BCUT2D eigenvalue weighted by Gasteiger charge is -2.30. The van der Waals surface area contributed by atoms with Gasteiger partial charge in [-0.25, -0.2) is 4.39 Å². The number of ether oxygens (including phenoxy) is 2. The van der Waals surface area contributed by atoms with Crippen molar-refractivity contribution in [2.75, 3.05) is 19.5 Å². The number of anilines is 1. The van der Waals surface area contributed by atoms with E-state index in [9.17, 15) is 9.18 Å². The van der Waals surface area contributed by atoms with Gasteiger partial charge in [-0.15, -0.1) is 0 Å². The molecule has 0 spiro atoms. The van der Waals surface area contributed by atoms with Crippen LogP contribution in [0.1, 0.15) is 18.5 Å². The van der Waals surface area contributed by atoms with Crippen LogP contribution in [0.25, 0.3) is 0 Å². The van der Waals surface area contributed by atoms with Crippen LogP contribution < -0.4 is 25.4 Å². The number of methoxy groups -OCH3 is 2. The van der Waals surface area contributed by atoms with Crippen molar-refractivity contribution in [1.82, 2.24) is 10.6 Å². The maximum Gasteiger partial charge on any atom is 0.255 e. The number of benzene rings is 2. The van der Waals surface area contributed by atoms with Crippen molar-refractivity contribution in [3.8, 4) is 11.5 Å². The molecular formula is C20H20FN3O3S. The summed E-state index contributed by atoms with van der Waals surface area (Å²) in [4.78, 5) is 13.0. The summed E-state index contributed by atoms with van der Waals surface area (Å²) in [6.45, 7) is 1.78. The molecule has 6 nitrogen and oxygen atoms in total. The molecule has 3 rings (SSSR count). The quantitative estimate of drug-likeness (QED) is 0.668. The molecule has 0 aliphatic carbocycles. The number of thiocarbonyl (C=S) groups is 1. The second kappa shape index (κ2) is 8.26. The molecule has 0 saturated heterocycles. The van der Waals surface area contributed by atoms with Gasteiger partial charge in [-0.1, -0.05) is 6.07 Å². The molecule has 28 heavy (non-hydrogen) atoms. The van der Waals surface area contributed by atoms with E-state index in [1.165, 1.54) is 24.3 Å². The predicted molar refractivity (Wildman–Crippen MR) is 109 cm³/mol. The highest BCUT2D eigenvalue weighted by molar-refractivity contribution is 7.80. The highest BCUT2D eigenvalue weighted by atomic mass is 32.1. The minimum Gasteiger partial charge on any atom is -0.493 e. The minimum atomic E-state index is -0.492. The van der Waals surface area contributed by atoms with Crippen molar-refractivity contribution >= 4 is 28.9 Å². The van der Waals surface area contributed by atoms with Crippen LogP contribution in [0.2, 0.25) is 0 Å². The van der Waals surface area contributed by atoms with E-state index in [0.717, 1.165) is 5.56 Å². The summed E-state index contributed by atoms with van der Waals surface area (Å²) in [5, 5.41) is 9.31. The Morgan fingerprint density at radius 1 is 1.11 bits per heavy atom.